The third-order valence-corrected chi connectivity index (χ3v) is 3.52. The molecule has 2 N–H and O–H groups in total. The highest BCUT2D eigenvalue weighted by Crippen LogP contribution is 2.40. The van der Waals surface area contributed by atoms with E-state index in [-0.39, 0.29) is 17.0 Å². The number of hydrogen-bond acceptors (Lipinski definition) is 3. The number of pyridine rings is 1. The van der Waals surface area contributed by atoms with Crippen LogP contribution in [-0.4, -0.2) is 28.1 Å². The quantitative estimate of drug-likeness (QED) is 0.759. The molecule has 2 rings (SSSR count). The van der Waals surface area contributed by atoms with Crippen molar-refractivity contribution in [2.24, 2.45) is 5.41 Å². The van der Waals surface area contributed by atoms with Gasteiger partial charge in [0.25, 0.3) is 5.91 Å². The van der Waals surface area contributed by atoms with Gasteiger partial charge < -0.3 is 10.4 Å². The minimum atomic E-state index is -0.775. The van der Waals surface area contributed by atoms with Gasteiger partial charge in [-0.25, -0.2) is 4.98 Å². The van der Waals surface area contributed by atoms with Gasteiger partial charge in [0.1, 0.15) is 0 Å². The Bertz CT molecular complexity index is 448. The molecule has 1 amide bonds. The number of carbonyl (C=O) groups excluding carboxylic acids is 1. The van der Waals surface area contributed by atoms with Crippen molar-refractivity contribution in [1.82, 2.24) is 10.3 Å². The highest BCUT2D eigenvalue weighted by molar-refractivity contribution is 5.94. The van der Waals surface area contributed by atoms with Gasteiger partial charge in [0.15, 0.2) is 0 Å². The van der Waals surface area contributed by atoms with Gasteiger partial charge in [-0.3, -0.25) is 4.79 Å². The van der Waals surface area contributed by atoms with Crippen molar-refractivity contribution in [3.8, 4) is 0 Å². The highest BCUT2D eigenvalue weighted by Gasteiger charge is 2.48. The first-order valence-electron chi connectivity index (χ1n) is 5.52. The number of amides is 1. The SMILES string of the molecule is CC1(C)C(O)CC1NC(=O)c1cccnc1F. The predicted octanol–water partition coefficient (Wildman–Crippen LogP) is 1.11. The van der Waals surface area contributed by atoms with Crippen molar-refractivity contribution < 1.29 is 14.3 Å². The molecule has 1 aromatic heterocycles. The monoisotopic (exact) mass is 238 g/mol. The van der Waals surface area contributed by atoms with E-state index in [1.807, 2.05) is 13.8 Å². The van der Waals surface area contributed by atoms with Crippen molar-refractivity contribution in [3.05, 3.63) is 29.8 Å². The van der Waals surface area contributed by atoms with Gasteiger partial charge in [0.2, 0.25) is 5.95 Å². The summed E-state index contributed by atoms with van der Waals surface area (Å²) in [6.45, 7) is 3.73. The van der Waals surface area contributed by atoms with Gasteiger partial charge in [0.05, 0.1) is 11.7 Å². The van der Waals surface area contributed by atoms with Gasteiger partial charge in [0, 0.05) is 17.7 Å². The lowest BCUT2D eigenvalue weighted by atomic mass is 9.64. The second-order valence-corrected chi connectivity index (χ2v) is 4.94. The first kappa shape index (κ1) is 12.0. The number of aliphatic hydroxyl groups excluding tert-OH is 1. The molecule has 17 heavy (non-hydrogen) atoms. The minimum Gasteiger partial charge on any atom is -0.392 e. The second kappa shape index (κ2) is 4.07. The molecule has 2 atom stereocenters. The van der Waals surface area contributed by atoms with Crippen LogP contribution in [0.2, 0.25) is 0 Å². The van der Waals surface area contributed by atoms with Gasteiger partial charge in [-0.1, -0.05) is 13.8 Å². The van der Waals surface area contributed by atoms with Gasteiger partial charge in [-0.15, -0.1) is 0 Å². The van der Waals surface area contributed by atoms with Crippen LogP contribution < -0.4 is 5.32 Å². The lowest BCUT2D eigenvalue weighted by Gasteiger charge is -2.49. The molecule has 0 bridgehead atoms. The van der Waals surface area contributed by atoms with E-state index in [0.29, 0.717) is 6.42 Å². The van der Waals surface area contributed by atoms with E-state index in [1.54, 1.807) is 0 Å². The number of nitrogens with one attached hydrogen (secondary N) is 1. The Morgan fingerprint density at radius 2 is 2.35 bits per heavy atom. The fourth-order valence-electron chi connectivity index (χ4n) is 1.94. The Hall–Kier alpha value is -1.49. The number of halogens is 1. The molecule has 0 aliphatic heterocycles. The van der Waals surface area contributed by atoms with Crippen molar-refractivity contribution in [3.63, 3.8) is 0 Å². The second-order valence-electron chi connectivity index (χ2n) is 4.94. The smallest absolute Gasteiger partial charge is 0.256 e. The van der Waals surface area contributed by atoms with E-state index in [4.69, 9.17) is 0 Å². The molecule has 0 saturated heterocycles. The summed E-state index contributed by atoms with van der Waals surface area (Å²) in [6.07, 6.45) is 1.37. The molecule has 0 spiro atoms. The summed E-state index contributed by atoms with van der Waals surface area (Å²) in [5.41, 5.74) is -0.432. The van der Waals surface area contributed by atoms with Crippen LogP contribution in [0.5, 0.6) is 0 Å². The normalized spacial score (nSPS) is 26.1. The van der Waals surface area contributed by atoms with E-state index in [2.05, 4.69) is 10.3 Å². The number of aromatic nitrogens is 1. The van der Waals surface area contributed by atoms with Crippen LogP contribution in [0.25, 0.3) is 0 Å². The molecule has 1 saturated carbocycles. The first-order chi connectivity index (χ1) is 7.93. The number of carbonyl (C=O) groups is 1. The zero-order valence-electron chi connectivity index (χ0n) is 9.77. The van der Waals surface area contributed by atoms with Crippen LogP contribution in [-0.2, 0) is 0 Å². The molecule has 0 aromatic carbocycles. The Balaban J connectivity index is 2.07. The topological polar surface area (TPSA) is 62.2 Å². The van der Waals surface area contributed by atoms with E-state index in [1.165, 1.54) is 18.3 Å². The largest absolute Gasteiger partial charge is 0.392 e. The molecular weight excluding hydrogens is 223 g/mol. The Morgan fingerprint density at radius 1 is 1.65 bits per heavy atom. The van der Waals surface area contributed by atoms with Crippen LogP contribution in [0.1, 0.15) is 30.6 Å². The van der Waals surface area contributed by atoms with Crippen LogP contribution in [0.4, 0.5) is 4.39 Å². The average Bonchev–Trinajstić information content (AvgIpc) is 2.29. The third kappa shape index (κ3) is 2.02. The van der Waals surface area contributed by atoms with Crippen molar-refractivity contribution in [1.29, 1.82) is 0 Å². The summed E-state index contributed by atoms with van der Waals surface area (Å²) in [6, 6.07) is 2.77. The molecule has 1 aromatic rings. The highest BCUT2D eigenvalue weighted by atomic mass is 19.1. The van der Waals surface area contributed by atoms with E-state index in [0.717, 1.165) is 0 Å². The van der Waals surface area contributed by atoms with Crippen LogP contribution in [0, 0.1) is 11.4 Å². The molecule has 5 heteroatoms. The van der Waals surface area contributed by atoms with E-state index < -0.39 is 18.0 Å². The van der Waals surface area contributed by atoms with Gasteiger partial charge in [-0.05, 0) is 18.6 Å². The summed E-state index contributed by atoms with van der Waals surface area (Å²) >= 11 is 0. The molecular formula is C12H15FN2O2. The van der Waals surface area contributed by atoms with Crippen LogP contribution >= 0.6 is 0 Å². The number of rotatable bonds is 2. The summed E-state index contributed by atoms with van der Waals surface area (Å²) in [5, 5.41) is 12.3. The number of aliphatic hydroxyl groups is 1. The molecule has 92 valence electrons. The molecule has 1 aliphatic carbocycles. The zero-order valence-corrected chi connectivity index (χ0v) is 9.77. The molecule has 0 radical (unpaired) electrons. The number of hydrogen-bond donors (Lipinski definition) is 2. The fraction of sp³-hybridized carbons (Fsp3) is 0.500. The van der Waals surface area contributed by atoms with Gasteiger partial charge >= 0.3 is 0 Å². The summed E-state index contributed by atoms with van der Waals surface area (Å²) in [4.78, 5) is 15.2. The molecule has 4 nitrogen and oxygen atoms in total. The maximum absolute atomic E-state index is 13.3. The summed E-state index contributed by atoms with van der Waals surface area (Å²) < 4.78 is 13.3. The molecule has 1 heterocycles. The maximum atomic E-state index is 13.3. The average molecular weight is 238 g/mol. The lowest BCUT2D eigenvalue weighted by molar-refractivity contribution is -0.0689. The fourth-order valence-corrected chi connectivity index (χ4v) is 1.94. The number of nitrogens with zero attached hydrogens (tertiary/aromatic N) is 1. The minimum absolute atomic E-state index is 0.0651. The van der Waals surface area contributed by atoms with E-state index >= 15 is 0 Å². The Morgan fingerprint density at radius 3 is 2.88 bits per heavy atom. The Labute approximate surface area is 98.9 Å². The maximum Gasteiger partial charge on any atom is 0.256 e. The van der Waals surface area contributed by atoms with Crippen LogP contribution in [0.3, 0.4) is 0 Å². The standard InChI is InChI=1S/C12H15FN2O2/c1-12(2)8(6-9(12)16)15-11(17)7-4-3-5-14-10(7)13/h3-5,8-9,16H,6H2,1-2H3,(H,15,17). The first-order valence-corrected chi connectivity index (χ1v) is 5.52. The van der Waals surface area contributed by atoms with E-state index in [9.17, 15) is 14.3 Å². The van der Waals surface area contributed by atoms with Gasteiger partial charge in [-0.2, -0.15) is 4.39 Å². The molecule has 2 unspecified atom stereocenters. The Kier molecular flexibility index (Phi) is 2.87. The molecule has 1 aliphatic rings. The summed E-state index contributed by atoms with van der Waals surface area (Å²) in [5.74, 6) is -1.26. The van der Waals surface area contributed by atoms with Crippen molar-refractivity contribution in [2.75, 3.05) is 0 Å². The lowest BCUT2D eigenvalue weighted by Crippen LogP contribution is -2.61. The van der Waals surface area contributed by atoms with Crippen molar-refractivity contribution in [2.45, 2.75) is 32.4 Å². The zero-order chi connectivity index (χ0) is 12.6. The molecule has 1 fully saturated rings. The predicted molar refractivity (Wildman–Crippen MR) is 59.9 cm³/mol. The van der Waals surface area contributed by atoms with Crippen LogP contribution in [0.15, 0.2) is 18.3 Å². The van der Waals surface area contributed by atoms with Crippen molar-refractivity contribution >= 4 is 5.91 Å². The summed E-state index contributed by atoms with van der Waals surface area (Å²) in [7, 11) is 0. The third-order valence-electron chi connectivity index (χ3n) is 3.52.